The summed E-state index contributed by atoms with van der Waals surface area (Å²) in [5.41, 5.74) is -0.473. The molecule has 0 unspecified atom stereocenters. The van der Waals surface area contributed by atoms with Gasteiger partial charge in [-0.2, -0.15) is 0 Å². The van der Waals surface area contributed by atoms with Crippen LogP contribution < -0.4 is 0 Å². The van der Waals surface area contributed by atoms with Gasteiger partial charge < -0.3 is 19.3 Å². The van der Waals surface area contributed by atoms with E-state index in [1.165, 1.54) is 0 Å². The standard InChI is InChI=1S/C16H29N3O4/c1-16(2,3)23-15(21)19-8-6-17(7-9-19)13-14(20)18-5-4-11-22-12-10-18/h4-13H2,1-3H3. The molecule has 2 saturated heterocycles. The van der Waals surface area contributed by atoms with E-state index < -0.39 is 5.60 Å². The lowest BCUT2D eigenvalue weighted by Gasteiger charge is -2.36. The highest BCUT2D eigenvalue weighted by Crippen LogP contribution is 2.12. The van der Waals surface area contributed by atoms with Gasteiger partial charge in [-0.15, -0.1) is 0 Å². The van der Waals surface area contributed by atoms with Gasteiger partial charge in [0.05, 0.1) is 13.2 Å². The van der Waals surface area contributed by atoms with E-state index in [4.69, 9.17) is 9.47 Å². The van der Waals surface area contributed by atoms with E-state index in [0.29, 0.717) is 45.9 Å². The molecule has 7 heteroatoms. The third-order valence-corrected chi connectivity index (χ3v) is 3.96. The number of hydrogen-bond donors (Lipinski definition) is 0. The second-order valence-electron chi connectivity index (χ2n) is 7.09. The van der Waals surface area contributed by atoms with E-state index in [1.807, 2.05) is 25.7 Å². The van der Waals surface area contributed by atoms with Gasteiger partial charge in [0.2, 0.25) is 5.91 Å². The van der Waals surface area contributed by atoms with E-state index in [0.717, 1.165) is 19.6 Å². The summed E-state index contributed by atoms with van der Waals surface area (Å²) in [6.07, 6.45) is 0.631. The Bertz CT molecular complexity index is 406. The number of nitrogens with zero attached hydrogens (tertiary/aromatic N) is 3. The van der Waals surface area contributed by atoms with Crippen LogP contribution in [-0.4, -0.2) is 91.3 Å². The van der Waals surface area contributed by atoms with Gasteiger partial charge in [0.25, 0.3) is 0 Å². The highest BCUT2D eigenvalue weighted by Gasteiger charge is 2.27. The minimum absolute atomic E-state index is 0.154. The van der Waals surface area contributed by atoms with Crippen molar-refractivity contribution < 1.29 is 19.1 Å². The van der Waals surface area contributed by atoms with Crippen molar-refractivity contribution in [1.29, 1.82) is 0 Å². The first kappa shape index (κ1) is 18.0. The normalized spacial score (nSPS) is 21.0. The molecule has 2 fully saturated rings. The van der Waals surface area contributed by atoms with Gasteiger partial charge in [0.15, 0.2) is 0 Å². The fraction of sp³-hybridized carbons (Fsp3) is 0.875. The molecule has 2 aliphatic rings. The maximum Gasteiger partial charge on any atom is 0.410 e. The predicted molar refractivity (Wildman–Crippen MR) is 86.3 cm³/mol. The zero-order valence-electron chi connectivity index (χ0n) is 14.5. The van der Waals surface area contributed by atoms with Gasteiger partial charge >= 0.3 is 6.09 Å². The van der Waals surface area contributed by atoms with Crippen molar-refractivity contribution in [2.75, 3.05) is 59.0 Å². The second kappa shape index (κ2) is 7.97. The largest absolute Gasteiger partial charge is 0.444 e. The number of amides is 2. The van der Waals surface area contributed by atoms with E-state index in [-0.39, 0.29) is 12.0 Å². The summed E-state index contributed by atoms with van der Waals surface area (Å²) in [6, 6.07) is 0. The van der Waals surface area contributed by atoms with Crippen molar-refractivity contribution in [3.63, 3.8) is 0 Å². The van der Waals surface area contributed by atoms with Crippen LogP contribution in [-0.2, 0) is 14.3 Å². The van der Waals surface area contributed by atoms with Crippen LogP contribution in [0.5, 0.6) is 0 Å². The molecule has 132 valence electrons. The van der Waals surface area contributed by atoms with Crippen molar-refractivity contribution in [2.24, 2.45) is 0 Å². The SMILES string of the molecule is CC(C)(C)OC(=O)N1CCN(CC(=O)N2CCCOCC2)CC1. The van der Waals surface area contributed by atoms with Crippen molar-refractivity contribution in [3.05, 3.63) is 0 Å². The number of ether oxygens (including phenoxy) is 2. The summed E-state index contributed by atoms with van der Waals surface area (Å²) < 4.78 is 10.8. The molecular formula is C16H29N3O4. The van der Waals surface area contributed by atoms with Gasteiger partial charge in [-0.05, 0) is 27.2 Å². The smallest absolute Gasteiger partial charge is 0.410 e. The predicted octanol–water partition coefficient (Wildman–Crippen LogP) is 0.788. The molecule has 0 bridgehead atoms. The number of carbonyl (C=O) groups is 2. The lowest BCUT2D eigenvalue weighted by Crippen LogP contribution is -2.52. The van der Waals surface area contributed by atoms with Gasteiger partial charge in [-0.3, -0.25) is 9.69 Å². The molecule has 0 aromatic carbocycles. The lowest BCUT2D eigenvalue weighted by molar-refractivity contribution is -0.132. The fourth-order valence-electron chi connectivity index (χ4n) is 2.70. The zero-order chi connectivity index (χ0) is 16.9. The molecule has 0 N–H and O–H groups in total. The maximum atomic E-state index is 12.3. The Labute approximate surface area is 138 Å². The first-order valence-corrected chi connectivity index (χ1v) is 8.41. The molecule has 2 aliphatic heterocycles. The average molecular weight is 327 g/mol. The lowest BCUT2D eigenvalue weighted by atomic mass is 10.2. The highest BCUT2D eigenvalue weighted by molar-refractivity contribution is 5.78. The Kier molecular flexibility index (Phi) is 6.24. The first-order chi connectivity index (χ1) is 10.8. The summed E-state index contributed by atoms with van der Waals surface area (Å²) in [5, 5.41) is 0. The van der Waals surface area contributed by atoms with Crippen molar-refractivity contribution in [1.82, 2.24) is 14.7 Å². The third kappa shape index (κ3) is 5.99. The molecule has 0 spiro atoms. The Morgan fingerprint density at radius 2 is 1.65 bits per heavy atom. The van der Waals surface area contributed by atoms with Crippen LogP contribution in [0.1, 0.15) is 27.2 Å². The van der Waals surface area contributed by atoms with Crippen LogP contribution in [0.25, 0.3) is 0 Å². The second-order valence-corrected chi connectivity index (χ2v) is 7.09. The molecule has 0 radical (unpaired) electrons. The molecule has 2 heterocycles. The first-order valence-electron chi connectivity index (χ1n) is 8.41. The van der Waals surface area contributed by atoms with Gasteiger partial charge in [0, 0.05) is 45.9 Å². The Hall–Kier alpha value is -1.34. The molecule has 0 aromatic rings. The van der Waals surface area contributed by atoms with Crippen LogP contribution in [0.4, 0.5) is 4.79 Å². The molecule has 2 amide bonds. The fourth-order valence-corrected chi connectivity index (χ4v) is 2.70. The summed E-state index contributed by atoms with van der Waals surface area (Å²) >= 11 is 0. The minimum Gasteiger partial charge on any atom is -0.444 e. The molecule has 0 saturated carbocycles. The average Bonchev–Trinajstić information content (AvgIpc) is 2.75. The van der Waals surface area contributed by atoms with Crippen molar-refractivity contribution in [3.8, 4) is 0 Å². The summed E-state index contributed by atoms with van der Waals surface area (Å²) in [7, 11) is 0. The van der Waals surface area contributed by atoms with Crippen LogP contribution >= 0.6 is 0 Å². The summed E-state index contributed by atoms with van der Waals surface area (Å²) in [4.78, 5) is 30.1. The monoisotopic (exact) mass is 327 g/mol. The third-order valence-electron chi connectivity index (χ3n) is 3.96. The van der Waals surface area contributed by atoms with Gasteiger partial charge in [-0.1, -0.05) is 0 Å². The maximum absolute atomic E-state index is 12.3. The van der Waals surface area contributed by atoms with Crippen molar-refractivity contribution >= 4 is 12.0 Å². The van der Waals surface area contributed by atoms with E-state index >= 15 is 0 Å². The molecular weight excluding hydrogens is 298 g/mol. The quantitative estimate of drug-likeness (QED) is 0.750. The number of hydrogen-bond acceptors (Lipinski definition) is 5. The Balaban J connectivity index is 1.73. The summed E-state index contributed by atoms with van der Waals surface area (Å²) in [6.45, 7) is 11.4. The number of carbonyl (C=O) groups excluding carboxylic acids is 2. The highest BCUT2D eigenvalue weighted by atomic mass is 16.6. The van der Waals surface area contributed by atoms with Gasteiger partial charge in [-0.25, -0.2) is 4.79 Å². The van der Waals surface area contributed by atoms with E-state index in [9.17, 15) is 9.59 Å². The molecule has 2 rings (SSSR count). The summed E-state index contributed by atoms with van der Waals surface area (Å²) in [5.74, 6) is 0.154. The Morgan fingerprint density at radius 3 is 2.30 bits per heavy atom. The molecule has 23 heavy (non-hydrogen) atoms. The minimum atomic E-state index is -0.473. The molecule has 0 aliphatic carbocycles. The number of piperazine rings is 1. The molecule has 0 atom stereocenters. The van der Waals surface area contributed by atoms with Crippen LogP contribution in [0.2, 0.25) is 0 Å². The van der Waals surface area contributed by atoms with E-state index in [1.54, 1.807) is 4.90 Å². The number of rotatable bonds is 2. The Morgan fingerprint density at radius 1 is 0.957 bits per heavy atom. The van der Waals surface area contributed by atoms with Crippen LogP contribution in [0.3, 0.4) is 0 Å². The molecule has 0 aromatic heterocycles. The van der Waals surface area contributed by atoms with Crippen LogP contribution in [0, 0.1) is 0 Å². The van der Waals surface area contributed by atoms with Gasteiger partial charge in [0.1, 0.15) is 5.60 Å². The van der Waals surface area contributed by atoms with E-state index in [2.05, 4.69) is 4.90 Å². The molecule has 7 nitrogen and oxygen atoms in total. The topological polar surface area (TPSA) is 62.3 Å². The van der Waals surface area contributed by atoms with Crippen LogP contribution in [0.15, 0.2) is 0 Å². The zero-order valence-corrected chi connectivity index (χ0v) is 14.5. The van der Waals surface area contributed by atoms with Crippen molar-refractivity contribution in [2.45, 2.75) is 32.8 Å².